The molecule has 1 saturated carbocycles. The van der Waals surface area contributed by atoms with Crippen LogP contribution in [0.15, 0.2) is 54.6 Å². The molecule has 0 radical (unpaired) electrons. The van der Waals surface area contributed by atoms with E-state index in [0.717, 1.165) is 24.5 Å². The second-order valence-corrected chi connectivity index (χ2v) is 7.25. The summed E-state index contributed by atoms with van der Waals surface area (Å²) < 4.78 is 39.6. The SMILES string of the molecule is CCN(CC(=O)Nc1ccccc1C(F)(F)F)C(C(=O)NC1CC1)c1ccccc1. The number of rotatable bonds is 8. The van der Waals surface area contributed by atoms with E-state index in [1.54, 1.807) is 36.1 Å². The lowest BCUT2D eigenvalue weighted by atomic mass is 10.0. The lowest BCUT2D eigenvalue weighted by Gasteiger charge is -2.29. The highest BCUT2D eigenvalue weighted by atomic mass is 19.4. The molecule has 5 nitrogen and oxygen atoms in total. The first-order valence-corrected chi connectivity index (χ1v) is 9.85. The topological polar surface area (TPSA) is 61.4 Å². The lowest BCUT2D eigenvalue weighted by molar-refractivity contribution is -0.137. The van der Waals surface area contributed by atoms with E-state index in [1.165, 1.54) is 18.2 Å². The van der Waals surface area contributed by atoms with Crippen molar-refractivity contribution in [2.24, 2.45) is 0 Å². The summed E-state index contributed by atoms with van der Waals surface area (Å²) in [5, 5.41) is 5.31. The van der Waals surface area contributed by atoms with Crippen LogP contribution in [0.25, 0.3) is 0 Å². The second-order valence-electron chi connectivity index (χ2n) is 7.25. The van der Waals surface area contributed by atoms with Crippen molar-refractivity contribution in [3.05, 3.63) is 65.7 Å². The minimum Gasteiger partial charge on any atom is -0.352 e. The fraction of sp³-hybridized carbons (Fsp3) is 0.364. The van der Waals surface area contributed by atoms with Gasteiger partial charge in [0.25, 0.3) is 0 Å². The van der Waals surface area contributed by atoms with E-state index in [2.05, 4.69) is 10.6 Å². The maximum Gasteiger partial charge on any atom is 0.418 e. The number of amides is 2. The summed E-state index contributed by atoms with van der Waals surface area (Å²) in [6, 6.07) is 13.3. The van der Waals surface area contributed by atoms with Crippen molar-refractivity contribution in [1.29, 1.82) is 0 Å². The van der Waals surface area contributed by atoms with Gasteiger partial charge in [-0.25, -0.2) is 0 Å². The Labute approximate surface area is 173 Å². The number of alkyl halides is 3. The van der Waals surface area contributed by atoms with Crippen LogP contribution in [0.5, 0.6) is 0 Å². The quantitative estimate of drug-likeness (QED) is 0.680. The molecular weight excluding hydrogens is 395 g/mol. The standard InChI is InChI=1S/C22H24F3N3O2/c1-2-28(14-19(29)27-18-11-7-6-10-17(18)22(23,24)25)20(15-8-4-3-5-9-15)21(30)26-16-12-13-16/h3-11,16,20H,2,12-14H2,1H3,(H,26,30)(H,27,29). The molecular formula is C22H24F3N3O2. The first-order valence-electron chi connectivity index (χ1n) is 9.85. The molecule has 30 heavy (non-hydrogen) atoms. The summed E-state index contributed by atoms with van der Waals surface area (Å²) in [7, 11) is 0. The lowest BCUT2D eigenvalue weighted by Crippen LogP contribution is -2.44. The highest BCUT2D eigenvalue weighted by molar-refractivity contribution is 5.94. The third-order valence-corrected chi connectivity index (χ3v) is 4.91. The van der Waals surface area contributed by atoms with Crippen molar-refractivity contribution in [3.8, 4) is 0 Å². The van der Waals surface area contributed by atoms with E-state index in [9.17, 15) is 22.8 Å². The average Bonchev–Trinajstić information content (AvgIpc) is 3.51. The molecule has 1 unspecified atom stereocenters. The Kier molecular flexibility index (Phi) is 6.77. The summed E-state index contributed by atoms with van der Waals surface area (Å²) in [4.78, 5) is 27.1. The van der Waals surface area contributed by atoms with Gasteiger partial charge in [0.05, 0.1) is 17.8 Å². The Balaban J connectivity index is 1.78. The predicted octanol–water partition coefficient (Wildman–Crippen LogP) is 3.99. The maximum absolute atomic E-state index is 13.2. The monoisotopic (exact) mass is 419 g/mol. The van der Waals surface area contributed by atoms with Crippen LogP contribution < -0.4 is 10.6 Å². The van der Waals surface area contributed by atoms with Crippen molar-refractivity contribution in [1.82, 2.24) is 10.2 Å². The normalized spacial score (nSPS) is 15.0. The van der Waals surface area contributed by atoms with Crippen LogP contribution in [0.1, 0.15) is 36.9 Å². The van der Waals surface area contributed by atoms with Gasteiger partial charge in [-0.1, -0.05) is 49.4 Å². The van der Waals surface area contributed by atoms with Gasteiger partial charge < -0.3 is 10.6 Å². The van der Waals surface area contributed by atoms with Gasteiger partial charge in [-0.2, -0.15) is 13.2 Å². The number of anilines is 1. The number of para-hydroxylation sites is 1. The highest BCUT2D eigenvalue weighted by Crippen LogP contribution is 2.34. The number of hydrogen-bond acceptors (Lipinski definition) is 3. The molecule has 0 aromatic heterocycles. The molecule has 3 rings (SSSR count). The van der Waals surface area contributed by atoms with Crippen molar-refractivity contribution in [2.45, 2.75) is 38.0 Å². The molecule has 2 aromatic rings. The summed E-state index contributed by atoms with van der Waals surface area (Å²) in [5.41, 5.74) is -0.488. The summed E-state index contributed by atoms with van der Waals surface area (Å²) in [5.74, 6) is -0.831. The zero-order valence-electron chi connectivity index (χ0n) is 16.6. The molecule has 1 aliphatic carbocycles. The van der Waals surface area contributed by atoms with Gasteiger partial charge in [0.15, 0.2) is 0 Å². The largest absolute Gasteiger partial charge is 0.418 e. The van der Waals surface area contributed by atoms with Crippen LogP contribution in [0.4, 0.5) is 18.9 Å². The van der Waals surface area contributed by atoms with E-state index in [0.29, 0.717) is 6.54 Å². The Morgan fingerprint density at radius 1 is 1.07 bits per heavy atom. The van der Waals surface area contributed by atoms with Gasteiger partial charge in [0.2, 0.25) is 11.8 Å². The summed E-state index contributed by atoms with van der Waals surface area (Å²) in [6.45, 7) is 1.95. The van der Waals surface area contributed by atoms with Crippen molar-refractivity contribution in [3.63, 3.8) is 0 Å². The van der Waals surface area contributed by atoms with Crippen LogP contribution in [0, 0.1) is 0 Å². The zero-order chi connectivity index (χ0) is 21.7. The number of halogens is 3. The Morgan fingerprint density at radius 3 is 2.30 bits per heavy atom. The number of nitrogens with zero attached hydrogens (tertiary/aromatic N) is 1. The molecule has 1 fully saturated rings. The third kappa shape index (κ3) is 5.60. The van der Waals surface area contributed by atoms with Crippen LogP contribution in [0.2, 0.25) is 0 Å². The van der Waals surface area contributed by atoms with Gasteiger partial charge in [0, 0.05) is 6.04 Å². The van der Waals surface area contributed by atoms with Crippen LogP contribution >= 0.6 is 0 Å². The number of hydrogen-bond donors (Lipinski definition) is 2. The average molecular weight is 419 g/mol. The minimum absolute atomic E-state index is 0.148. The van der Waals surface area contributed by atoms with Gasteiger partial charge in [-0.15, -0.1) is 0 Å². The van der Waals surface area contributed by atoms with Crippen molar-refractivity contribution >= 4 is 17.5 Å². The molecule has 1 atom stereocenters. The molecule has 0 heterocycles. The Hall–Kier alpha value is -2.87. The molecule has 160 valence electrons. The molecule has 2 amide bonds. The fourth-order valence-electron chi connectivity index (χ4n) is 3.27. The summed E-state index contributed by atoms with van der Waals surface area (Å²) in [6.07, 6.45) is -2.73. The van der Waals surface area contributed by atoms with E-state index in [-0.39, 0.29) is 24.2 Å². The number of carbonyl (C=O) groups is 2. The van der Waals surface area contributed by atoms with Gasteiger partial charge in [-0.05, 0) is 37.1 Å². The third-order valence-electron chi connectivity index (χ3n) is 4.91. The van der Waals surface area contributed by atoms with Crippen molar-refractivity contribution < 1.29 is 22.8 Å². The first-order chi connectivity index (χ1) is 14.3. The zero-order valence-corrected chi connectivity index (χ0v) is 16.6. The molecule has 8 heteroatoms. The number of likely N-dealkylation sites (N-methyl/N-ethyl adjacent to an activating group) is 1. The minimum atomic E-state index is -4.58. The Bertz CT molecular complexity index is 883. The van der Waals surface area contributed by atoms with E-state index in [1.807, 2.05) is 6.07 Å². The van der Waals surface area contributed by atoms with Gasteiger partial charge >= 0.3 is 6.18 Å². The van der Waals surface area contributed by atoms with Gasteiger partial charge in [0.1, 0.15) is 6.04 Å². The molecule has 0 aliphatic heterocycles. The van der Waals surface area contributed by atoms with E-state index in [4.69, 9.17) is 0 Å². The van der Waals surface area contributed by atoms with Crippen LogP contribution in [-0.4, -0.2) is 35.8 Å². The first kappa shape index (κ1) is 21.8. The molecule has 1 aliphatic rings. The van der Waals surface area contributed by atoms with E-state index >= 15 is 0 Å². The molecule has 0 bridgehead atoms. The van der Waals surface area contributed by atoms with Crippen LogP contribution in [-0.2, 0) is 15.8 Å². The Morgan fingerprint density at radius 2 is 1.70 bits per heavy atom. The summed E-state index contributed by atoms with van der Waals surface area (Å²) >= 11 is 0. The molecule has 2 aromatic carbocycles. The number of carbonyl (C=O) groups excluding carboxylic acids is 2. The van der Waals surface area contributed by atoms with Crippen LogP contribution in [0.3, 0.4) is 0 Å². The van der Waals surface area contributed by atoms with Gasteiger partial charge in [-0.3, -0.25) is 14.5 Å². The molecule has 2 N–H and O–H groups in total. The number of nitrogens with one attached hydrogen (secondary N) is 2. The van der Waals surface area contributed by atoms with Crippen molar-refractivity contribution in [2.75, 3.05) is 18.4 Å². The predicted molar refractivity (Wildman–Crippen MR) is 108 cm³/mol. The highest BCUT2D eigenvalue weighted by Gasteiger charge is 2.35. The maximum atomic E-state index is 13.2. The van der Waals surface area contributed by atoms with E-state index < -0.39 is 23.7 Å². The fourth-order valence-corrected chi connectivity index (χ4v) is 3.27. The molecule has 0 spiro atoms. The smallest absolute Gasteiger partial charge is 0.352 e. The number of benzene rings is 2. The second kappa shape index (κ2) is 9.30. The molecule has 0 saturated heterocycles.